The lowest BCUT2D eigenvalue weighted by molar-refractivity contribution is -0.122. The largest absolute Gasteiger partial charge is 0.465 e. The van der Waals surface area contributed by atoms with Crippen LogP contribution in [0, 0.1) is 6.92 Å². The molecule has 1 aliphatic carbocycles. The first-order valence-electron chi connectivity index (χ1n) is 6.72. The molecule has 0 bridgehead atoms. The minimum absolute atomic E-state index is 0.0102. The molecule has 110 valence electrons. The van der Waals surface area contributed by atoms with Gasteiger partial charge in [-0.1, -0.05) is 0 Å². The third-order valence-corrected chi connectivity index (χ3v) is 3.27. The Bertz CT molecular complexity index is 505. The van der Waals surface area contributed by atoms with Gasteiger partial charge in [0.1, 0.15) is 17.1 Å². The average Bonchev–Trinajstić information content (AvgIpc) is 3.16. The van der Waals surface area contributed by atoms with Crippen molar-refractivity contribution in [1.82, 2.24) is 10.6 Å². The summed E-state index contributed by atoms with van der Waals surface area (Å²) in [5, 5.41) is 6.00. The van der Waals surface area contributed by atoms with Crippen molar-refractivity contribution >= 4 is 11.9 Å². The van der Waals surface area contributed by atoms with Gasteiger partial charge in [-0.3, -0.25) is 10.1 Å². The van der Waals surface area contributed by atoms with E-state index in [-0.39, 0.29) is 11.9 Å². The van der Waals surface area contributed by atoms with Crippen LogP contribution < -0.4 is 10.6 Å². The van der Waals surface area contributed by atoms with E-state index >= 15 is 0 Å². The SMILES string of the molecule is COC(=O)c1cc(CNC(C)C(=O)NC2CC2)oc1C. The summed E-state index contributed by atoms with van der Waals surface area (Å²) in [6, 6.07) is 1.69. The van der Waals surface area contributed by atoms with Crippen molar-refractivity contribution in [3.05, 3.63) is 23.2 Å². The first-order chi connectivity index (χ1) is 9.51. The summed E-state index contributed by atoms with van der Waals surface area (Å²) in [7, 11) is 1.33. The van der Waals surface area contributed by atoms with Crippen molar-refractivity contribution < 1.29 is 18.7 Å². The Morgan fingerprint density at radius 3 is 2.80 bits per heavy atom. The first kappa shape index (κ1) is 14.6. The Kier molecular flexibility index (Phi) is 4.44. The predicted octanol–water partition coefficient (Wildman–Crippen LogP) is 1.13. The van der Waals surface area contributed by atoms with Crippen molar-refractivity contribution in [2.75, 3.05) is 7.11 Å². The zero-order chi connectivity index (χ0) is 14.7. The third-order valence-electron chi connectivity index (χ3n) is 3.27. The predicted molar refractivity (Wildman–Crippen MR) is 72.3 cm³/mol. The lowest BCUT2D eigenvalue weighted by Gasteiger charge is -2.12. The van der Waals surface area contributed by atoms with Gasteiger partial charge in [-0.2, -0.15) is 0 Å². The van der Waals surface area contributed by atoms with Gasteiger partial charge in [-0.15, -0.1) is 0 Å². The van der Waals surface area contributed by atoms with Crippen molar-refractivity contribution in [3.8, 4) is 0 Å². The number of aryl methyl sites for hydroxylation is 1. The van der Waals surface area contributed by atoms with Crippen LogP contribution >= 0.6 is 0 Å². The van der Waals surface area contributed by atoms with Gasteiger partial charge >= 0.3 is 5.97 Å². The summed E-state index contributed by atoms with van der Waals surface area (Å²) in [5.74, 6) is 0.693. The molecule has 6 nitrogen and oxygen atoms in total. The second kappa shape index (κ2) is 6.09. The molecule has 1 saturated carbocycles. The third kappa shape index (κ3) is 3.60. The fourth-order valence-corrected chi connectivity index (χ4v) is 1.84. The maximum absolute atomic E-state index is 11.8. The highest BCUT2D eigenvalue weighted by atomic mass is 16.5. The molecule has 1 atom stereocenters. The number of nitrogens with one attached hydrogen (secondary N) is 2. The second-order valence-corrected chi connectivity index (χ2v) is 5.06. The van der Waals surface area contributed by atoms with Crippen LogP contribution in [0.25, 0.3) is 0 Å². The molecule has 0 aromatic carbocycles. The lowest BCUT2D eigenvalue weighted by Crippen LogP contribution is -2.42. The smallest absolute Gasteiger partial charge is 0.341 e. The van der Waals surface area contributed by atoms with Crippen molar-refractivity contribution in [1.29, 1.82) is 0 Å². The van der Waals surface area contributed by atoms with E-state index in [1.165, 1.54) is 7.11 Å². The number of methoxy groups -OCH3 is 1. The highest BCUT2D eigenvalue weighted by Crippen LogP contribution is 2.19. The van der Waals surface area contributed by atoms with Gasteiger partial charge in [0.25, 0.3) is 0 Å². The normalized spacial score (nSPS) is 15.8. The van der Waals surface area contributed by atoms with E-state index in [2.05, 4.69) is 15.4 Å². The van der Waals surface area contributed by atoms with Gasteiger partial charge in [0.15, 0.2) is 0 Å². The molecule has 6 heteroatoms. The van der Waals surface area contributed by atoms with Crippen LogP contribution in [-0.4, -0.2) is 31.1 Å². The van der Waals surface area contributed by atoms with E-state index in [4.69, 9.17) is 4.42 Å². The number of hydrogen-bond acceptors (Lipinski definition) is 5. The molecule has 1 aromatic rings. The topological polar surface area (TPSA) is 80.6 Å². The lowest BCUT2D eigenvalue weighted by atomic mass is 10.2. The number of furan rings is 1. The van der Waals surface area contributed by atoms with Gasteiger partial charge in [0.05, 0.1) is 19.7 Å². The molecule has 1 aliphatic rings. The Morgan fingerprint density at radius 2 is 2.20 bits per heavy atom. The molecule has 1 fully saturated rings. The molecule has 0 spiro atoms. The zero-order valence-corrected chi connectivity index (χ0v) is 12.0. The van der Waals surface area contributed by atoms with Crippen LogP contribution in [0.2, 0.25) is 0 Å². The molecular weight excluding hydrogens is 260 g/mol. The molecule has 1 heterocycles. The molecule has 1 aromatic heterocycles. The molecule has 2 rings (SSSR count). The number of rotatable bonds is 6. The Balaban J connectivity index is 1.86. The maximum Gasteiger partial charge on any atom is 0.341 e. The van der Waals surface area contributed by atoms with E-state index in [1.54, 1.807) is 19.9 Å². The fourth-order valence-electron chi connectivity index (χ4n) is 1.84. The second-order valence-electron chi connectivity index (χ2n) is 5.06. The van der Waals surface area contributed by atoms with E-state index in [9.17, 15) is 9.59 Å². The molecule has 0 saturated heterocycles. The minimum Gasteiger partial charge on any atom is -0.465 e. The number of esters is 1. The van der Waals surface area contributed by atoms with Gasteiger partial charge in [0, 0.05) is 6.04 Å². The standard InChI is InChI=1S/C14H20N2O4/c1-8(13(17)16-10-4-5-10)15-7-11-6-12(9(2)20-11)14(18)19-3/h6,8,10,15H,4-5,7H2,1-3H3,(H,16,17). The fraction of sp³-hybridized carbons (Fsp3) is 0.571. The summed E-state index contributed by atoms with van der Waals surface area (Å²) in [5.41, 5.74) is 0.416. The maximum atomic E-state index is 11.8. The van der Waals surface area contributed by atoms with Crippen LogP contribution in [0.4, 0.5) is 0 Å². The highest BCUT2D eigenvalue weighted by molar-refractivity contribution is 5.90. The molecular formula is C14H20N2O4. The van der Waals surface area contributed by atoms with Crippen molar-refractivity contribution in [2.24, 2.45) is 0 Å². The van der Waals surface area contributed by atoms with Gasteiger partial charge in [-0.05, 0) is 32.8 Å². The highest BCUT2D eigenvalue weighted by Gasteiger charge is 2.25. The van der Waals surface area contributed by atoms with Gasteiger partial charge in [0.2, 0.25) is 5.91 Å². The average molecular weight is 280 g/mol. The van der Waals surface area contributed by atoms with E-state index in [0.29, 0.717) is 29.7 Å². The van der Waals surface area contributed by atoms with Gasteiger partial charge in [-0.25, -0.2) is 4.79 Å². The van der Waals surface area contributed by atoms with Gasteiger partial charge < -0.3 is 14.5 Å². The summed E-state index contributed by atoms with van der Waals surface area (Å²) in [6.45, 7) is 3.89. The van der Waals surface area contributed by atoms with Crippen LogP contribution in [0.15, 0.2) is 10.5 Å². The molecule has 2 N–H and O–H groups in total. The summed E-state index contributed by atoms with van der Waals surface area (Å²) in [4.78, 5) is 23.2. The molecule has 1 unspecified atom stereocenters. The first-order valence-corrected chi connectivity index (χ1v) is 6.72. The van der Waals surface area contributed by atoms with Crippen molar-refractivity contribution in [2.45, 2.75) is 45.3 Å². The molecule has 1 amide bonds. The molecule has 0 radical (unpaired) electrons. The summed E-state index contributed by atoms with van der Waals surface area (Å²) >= 11 is 0. The summed E-state index contributed by atoms with van der Waals surface area (Å²) in [6.07, 6.45) is 2.14. The van der Waals surface area contributed by atoms with E-state index < -0.39 is 5.97 Å². The number of carbonyl (C=O) groups is 2. The van der Waals surface area contributed by atoms with E-state index in [1.807, 2.05) is 0 Å². The number of ether oxygens (including phenoxy) is 1. The van der Waals surface area contributed by atoms with Crippen LogP contribution in [0.3, 0.4) is 0 Å². The zero-order valence-electron chi connectivity index (χ0n) is 12.0. The minimum atomic E-state index is -0.419. The Labute approximate surface area is 117 Å². The summed E-state index contributed by atoms with van der Waals surface area (Å²) < 4.78 is 10.1. The Hall–Kier alpha value is -1.82. The number of carbonyl (C=O) groups excluding carboxylic acids is 2. The quantitative estimate of drug-likeness (QED) is 0.764. The molecule has 0 aliphatic heterocycles. The molecule has 20 heavy (non-hydrogen) atoms. The number of amides is 1. The van der Waals surface area contributed by atoms with Crippen molar-refractivity contribution in [3.63, 3.8) is 0 Å². The van der Waals surface area contributed by atoms with Crippen LogP contribution in [-0.2, 0) is 16.1 Å². The van der Waals surface area contributed by atoms with Crippen LogP contribution in [0.1, 0.15) is 41.6 Å². The Morgan fingerprint density at radius 1 is 1.50 bits per heavy atom. The van der Waals surface area contributed by atoms with E-state index in [0.717, 1.165) is 12.8 Å². The monoisotopic (exact) mass is 280 g/mol. The van der Waals surface area contributed by atoms with Crippen LogP contribution in [0.5, 0.6) is 0 Å². The number of hydrogen-bond donors (Lipinski definition) is 2.